The number of likely N-dealkylation sites (tertiary alicyclic amines) is 2. The van der Waals surface area contributed by atoms with E-state index in [1.807, 2.05) is 38.8 Å². The Bertz CT molecular complexity index is 2040. The number of ether oxygens (including phenoxy) is 2. The van der Waals surface area contributed by atoms with Crippen molar-refractivity contribution in [3.8, 4) is 11.3 Å². The van der Waals surface area contributed by atoms with Gasteiger partial charge in [-0.15, -0.1) is 0 Å². The van der Waals surface area contributed by atoms with Crippen molar-refractivity contribution in [3.63, 3.8) is 0 Å². The number of H-pyrrole nitrogens is 1. The molecule has 1 aromatic heterocycles. The van der Waals surface area contributed by atoms with Crippen LogP contribution in [0, 0.1) is 11.8 Å². The van der Waals surface area contributed by atoms with Crippen LogP contribution in [0.15, 0.2) is 54.7 Å². The van der Waals surface area contributed by atoms with Gasteiger partial charge in [0.1, 0.15) is 23.9 Å². The third-order valence-corrected chi connectivity index (χ3v) is 12.7. The predicted molar refractivity (Wildman–Crippen MR) is 237 cm³/mol. The lowest BCUT2D eigenvalue weighted by molar-refractivity contribution is -0.141. The number of piperidine rings is 1. The molecule has 0 aliphatic carbocycles. The number of hydrogen-bond acceptors (Lipinski definition) is 9. The predicted octanol–water partition coefficient (Wildman–Crippen LogP) is 6.62. The first-order chi connectivity index (χ1) is 29.5. The van der Waals surface area contributed by atoms with E-state index in [0.29, 0.717) is 44.7 Å². The zero-order chi connectivity index (χ0) is 44.9. The Labute approximate surface area is 366 Å². The molecule has 3 saturated heterocycles. The van der Waals surface area contributed by atoms with Crippen LogP contribution in [0.25, 0.3) is 11.3 Å². The Morgan fingerprint density at radius 3 is 1.90 bits per heavy atom. The summed E-state index contributed by atoms with van der Waals surface area (Å²) in [6.07, 6.45) is 4.82. The van der Waals surface area contributed by atoms with Gasteiger partial charge in [0.25, 0.3) is 0 Å². The highest BCUT2D eigenvalue weighted by atomic mass is 16.5. The number of amides is 5. The summed E-state index contributed by atoms with van der Waals surface area (Å²) in [7, 11) is 2.55. The first-order valence-electron chi connectivity index (χ1n) is 22.1. The number of carbonyl (C=O) groups is 5. The second-order valence-corrected chi connectivity index (χ2v) is 18.6. The first kappa shape index (κ1) is 45.9. The molecule has 62 heavy (non-hydrogen) atoms. The molecule has 0 saturated carbocycles. The molecule has 2 unspecified atom stereocenters. The normalized spacial score (nSPS) is 21.4. The molecule has 3 aliphatic heterocycles. The molecule has 3 fully saturated rings. The minimum atomic E-state index is -0.796. The smallest absolute Gasteiger partial charge is 0.407 e. The van der Waals surface area contributed by atoms with Gasteiger partial charge in [-0.05, 0) is 79.0 Å². The van der Waals surface area contributed by atoms with Crippen LogP contribution in [0.1, 0.15) is 116 Å². The zero-order valence-corrected chi connectivity index (χ0v) is 37.8. The van der Waals surface area contributed by atoms with Crippen molar-refractivity contribution < 1.29 is 33.4 Å². The molecule has 2 aromatic carbocycles. The van der Waals surface area contributed by atoms with Gasteiger partial charge in [-0.3, -0.25) is 14.4 Å². The summed E-state index contributed by atoms with van der Waals surface area (Å²) >= 11 is 0. The number of imidazole rings is 1. The lowest BCUT2D eigenvalue weighted by Crippen LogP contribution is -2.56. The van der Waals surface area contributed by atoms with Crippen molar-refractivity contribution in [1.29, 1.82) is 0 Å². The zero-order valence-electron chi connectivity index (χ0n) is 37.8. The van der Waals surface area contributed by atoms with Crippen LogP contribution in [-0.2, 0) is 29.3 Å². The van der Waals surface area contributed by atoms with E-state index in [4.69, 9.17) is 14.5 Å². The summed E-state index contributed by atoms with van der Waals surface area (Å²) in [4.78, 5) is 79.6. The van der Waals surface area contributed by atoms with Gasteiger partial charge in [-0.2, -0.15) is 0 Å². The first-order valence-corrected chi connectivity index (χ1v) is 22.1. The summed E-state index contributed by atoms with van der Waals surface area (Å²) < 4.78 is 9.56. The summed E-state index contributed by atoms with van der Waals surface area (Å²) in [6.45, 7) is 15.9. The van der Waals surface area contributed by atoms with Crippen LogP contribution in [0.4, 0.5) is 15.3 Å². The summed E-state index contributed by atoms with van der Waals surface area (Å²) in [5, 5.41) is 8.70. The summed E-state index contributed by atoms with van der Waals surface area (Å²) in [5.74, 6) is -0.189. The number of aromatic nitrogens is 2. The van der Waals surface area contributed by atoms with Gasteiger partial charge in [-0.25, -0.2) is 14.6 Å². The number of nitrogens with zero attached hydrogens (tertiary/aromatic N) is 4. The van der Waals surface area contributed by atoms with Gasteiger partial charge in [-0.1, -0.05) is 84.9 Å². The largest absolute Gasteiger partial charge is 0.453 e. The van der Waals surface area contributed by atoms with Crippen molar-refractivity contribution in [2.24, 2.45) is 11.8 Å². The van der Waals surface area contributed by atoms with E-state index in [2.05, 4.69) is 95.1 Å². The maximum absolute atomic E-state index is 14.0. The molecule has 0 radical (unpaired) electrons. The molecular weight excluding hydrogens is 789 g/mol. The van der Waals surface area contributed by atoms with Crippen LogP contribution >= 0.6 is 0 Å². The van der Waals surface area contributed by atoms with E-state index in [0.717, 1.165) is 41.8 Å². The number of anilines is 1. The van der Waals surface area contributed by atoms with Gasteiger partial charge >= 0.3 is 12.2 Å². The van der Waals surface area contributed by atoms with Crippen molar-refractivity contribution in [2.45, 2.75) is 129 Å². The molecule has 15 nitrogen and oxygen atoms in total. The molecular formula is C47H66N8O7. The Hall–Kier alpha value is -5.60. The molecule has 6 atom stereocenters. The van der Waals surface area contributed by atoms with Gasteiger partial charge in [0.15, 0.2) is 0 Å². The second-order valence-electron chi connectivity index (χ2n) is 18.6. The third kappa shape index (κ3) is 10.4. The van der Waals surface area contributed by atoms with E-state index in [1.165, 1.54) is 19.8 Å². The number of nitrogens with one attached hydrogen (secondary N) is 4. The maximum Gasteiger partial charge on any atom is 0.407 e. The average Bonchev–Trinajstić information content (AvgIpc) is 4.06. The number of carbonyl (C=O) groups excluding carboxylic acids is 5. The minimum absolute atomic E-state index is 0.00141. The lowest BCUT2D eigenvalue weighted by Gasteiger charge is -2.42. The number of rotatable bonds is 12. The standard InChI is InChI=1S/C47H66N8O7/c1-28(2)39(51-45(59)61-8)43(57)54-23-10-12-36(54)41-48-27-35(50-41)30-16-20-34(21-17-30)53-25-22-33(26-38(53)31-14-18-32(19-15-31)47(5,6)7)49-42(56)37-13-11-24-55(37)44(58)40(29(3)4)52-46(60)62-9/h14-21,27-29,33,36-40H,10-13,22-26H2,1-9H3,(H,48,50)(H,49,56)(H,51,59)(H,52,60)/t33?,36-,37-,38?,39-,40-/m0/s1. The van der Waals surface area contributed by atoms with Crippen LogP contribution in [0.2, 0.25) is 0 Å². The van der Waals surface area contributed by atoms with Crippen molar-refractivity contribution in [3.05, 3.63) is 71.7 Å². The van der Waals surface area contributed by atoms with Crippen LogP contribution in [0.5, 0.6) is 0 Å². The SMILES string of the molecule is COC(=O)N[C@H](C(=O)N1CCC[C@H]1C(=O)NC1CCN(c2ccc(-c3c[nH]c([C@@H]4CCCN4C(=O)[C@@H](NC(=O)OC)C(C)C)n3)cc2)C(c2ccc(C(C)(C)C)cc2)C1)C(C)C. The Morgan fingerprint density at radius 1 is 0.742 bits per heavy atom. The van der Waals surface area contributed by atoms with E-state index in [-0.39, 0.29) is 53.1 Å². The fourth-order valence-corrected chi connectivity index (χ4v) is 9.08. The minimum Gasteiger partial charge on any atom is -0.453 e. The quantitative estimate of drug-likeness (QED) is 0.156. The maximum atomic E-state index is 14.0. The molecule has 4 heterocycles. The molecule has 3 aromatic rings. The summed E-state index contributed by atoms with van der Waals surface area (Å²) in [5.41, 5.74) is 5.15. The summed E-state index contributed by atoms with van der Waals surface area (Å²) in [6, 6.07) is 14.7. The molecule has 0 spiro atoms. The molecule has 15 heteroatoms. The number of alkyl carbamates (subject to hydrolysis) is 2. The molecule has 0 bridgehead atoms. The third-order valence-electron chi connectivity index (χ3n) is 12.7. The molecule has 3 aliphatic rings. The topological polar surface area (TPSA) is 178 Å². The molecule has 336 valence electrons. The number of benzene rings is 2. The highest BCUT2D eigenvalue weighted by Crippen LogP contribution is 2.38. The number of hydrogen-bond donors (Lipinski definition) is 4. The van der Waals surface area contributed by atoms with E-state index >= 15 is 0 Å². The average molecular weight is 855 g/mol. The second kappa shape index (κ2) is 19.6. The van der Waals surface area contributed by atoms with Gasteiger partial charge < -0.3 is 45.1 Å². The van der Waals surface area contributed by atoms with Gasteiger partial charge in [0.2, 0.25) is 17.7 Å². The van der Waals surface area contributed by atoms with Crippen molar-refractivity contribution >= 4 is 35.6 Å². The number of aromatic amines is 1. The highest BCUT2D eigenvalue weighted by Gasteiger charge is 2.41. The Morgan fingerprint density at radius 2 is 1.32 bits per heavy atom. The molecule has 6 rings (SSSR count). The van der Waals surface area contributed by atoms with Crippen LogP contribution < -0.4 is 20.9 Å². The Balaban J connectivity index is 1.18. The Kier molecular flexibility index (Phi) is 14.5. The number of methoxy groups -OCH3 is 2. The fraction of sp³-hybridized carbons (Fsp3) is 0.574. The van der Waals surface area contributed by atoms with Crippen molar-refractivity contribution in [1.82, 2.24) is 35.7 Å². The van der Waals surface area contributed by atoms with Crippen LogP contribution in [-0.4, -0.2) is 108 Å². The highest BCUT2D eigenvalue weighted by molar-refractivity contribution is 5.92. The lowest BCUT2D eigenvalue weighted by atomic mass is 9.84. The molecule has 5 amide bonds. The molecule has 4 N–H and O–H groups in total. The van der Waals surface area contributed by atoms with E-state index < -0.39 is 30.3 Å². The van der Waals surface area contributed by atoms with Gasteiger partial charge in [0, 0.05) is 43.1 Å². The van der Waals surface area contributed by atoms with E-state index in [9.17, 15) is 24.0 Å². The monoisotopic (exact) mass is 855 g/mol. The van der Waals surface area contributed by atoms with Crippen LogP contribution in [0.3, 0.4) is 0 Å². The van der Waals surface area contributed by atoms with Crippen molar-refractivity contribution in [2.75, 3.05) is 38.8 Å². The fourth-order valence-electron chi connectivity index (χ4n) is 9.08. The van der Waals surface area contributed by atoms with Gasteiger partial charge in [0.05, 0.1) is 32.0 Å². The van der Waals surface area contributed by atoms with E-state index in [1.54, 1.807) is 4.90 Å².